The number of carboxylic acid groups (broad SMARTS) is 6. The number of carboxylic acids is 6. The van der Waals surface area contributed by atoms with Crippen molar-refractivity contribution in [2.24, 2.45) is 4.99 Å². The van der Waals surface area contributed by atoms with E-state index < -0.39 is 133 Å². The third kappa shape index (κ3) is 37.1. The first kappa shape index (κ1) is 78.9. The van der Waals surface area contributed by atoms with Crippen molar-refractivity contribution in [1.29, 1.82) is 0 Å². The molecule has 8 atom stereocenters. The van der Waals surface area contributed by atoms with E-state index in [1.54, 1.807) is 18.2 Å². The van der Waals surface area contributed by atoms with Gasteiger partial charge in [0.1, 0.15) is 42.8 Å². The summed E-state index contributed by atoms with van der Waals surface area (Å²) in [4.78, 5) is 107. The Morgan fingerprint density at radius 1 is 0.762 bits per heavy atom. The fourth-order valence-electron chi connectivity index (χ4n) is 6.56. The van der Waals surface area contributed by atoms with Crippen molar-refractivity contribution in [3.05, 3.63) is 80.9 Å². The zero-order valence-electron chi connectivity index (χ0n) is 46.0. The highest BCUT2D eigenvalue weighted by Crippen LogP contribution is 2.31. The van der Waals surface area contributed by atoms with Gasteiger partial charge in [0.15, 0.2) is 12.4 Å². The van der Waals surface area contributed by atoms with Crippen LogP contribution in [-0.2, 0) is 57.9 Å². The summed E-state index contributed by atoms with van der Waals surface area (Å²) in [6, 6.07) is 9.17. The number of unbranched alkanes of at least 4 members (excludes halogenated alkanes) is 9. The average molecular weight is 1260 g/mol. The number of carbonyl (C=O) groups is 8. The van der Waals surface area contributed by atoms with Crippen LogP contribution in [0, 0.1) is 20.2 Å². The Balaban J connectivity index is 0. The number of ether oxygens (including phenoxy) is 2. The topological polar surface area (TPSA) is 506 Å². The Morgan fingerprint density at radius 2 is 1.30 bits per heavy atom. The number of hydrogen-bond donors (Lipinski definition) is 14. The molecular formula is C50H74N6O25S3. The second-order valence-corrected chi connectivity index (χ2v) is 20.7. The molecule has 472 valence electrons. The van der Waals surface area contributed by atoms with E-state index >= 15 is 0 Å². The van der Waals surface area contributed by atoms with Gasteiger partial charge < -0.3 is 66.1 Å². The first-order chi connectivity index (χ1) is 39.3. The number of aliphatic hydroxyl groups excluding tert-OH is 3. The number of nitrogens with zero attached hydrogens (tertiary/aromatic N) is 3. The first-order valence-electron chi connectivity index (χ1n) is 25.6. The normalized spacial score (nSPS) is 17.3. The van der Waals surface area contributed by atoms with E-state index in [0.29, 0.717) is 38.1 Å². The van der Waals surface area contributed by atoms with Crippen LogP contribution < -0.4 is 15.4 Å². The van der Waals surface area contributed by atoms with Crippen LogP contribution in [0.2, 0.25) is 0 Å². The van der Waals surface area contributed by atoms with E-state index in [2.05, 4.69) is 47.8 Å². The van der Waals surface area contributed by atoms with Crippen LogP contribution >= 0.6 is 25.3 Å². The third-order valence-corrected chi connectivity index (χ3v) is 13.2. The minimum atomic E-state index is -3.69. The number of aliphatic carboxylic acids is 6. The molecule has 1 aliphatic heterocycles. The maximum absolute atomic E-state index is 11.4. The summed E-state index contributed by atoms with van der Waals surface area (Å²) < 4.78 is 34.8. The molecule has 0 saturated carbocycles. The number of hydrogen-bond acceptors (Lipinski definition) is 22. The summed E-state index contributed by atoms with van der Waals surface area (Å²) in [5.41, 5.74) is -1.36. The molecular weight excluding hydrogens is 1180 g/mol. The van der Waals surface area contributed by atoms with Crippen LogP contribution in [0.3, 0.4) is 0 Å². The molecule has 1 saturated heterocycles. The molecule has 1 heterocycles. The molecule has 3 rings (SSSR count). The molecule has 1 fully saturated rings. The molecule has 2 amide bonds. The number of sulfonamides is 1. The van der Waals surface area contributed by atoms with Crippen LogP contribution in [0.25, 0.3) is 0 Å². The van der Waals surface area contributed by atoms with E-state index in [1.165, 1.54) is 77.3 Å². The largest absolute Gasteiger partial charge is 0.480 e. The molecule has 2 aromatic rings. The Bertz CT molecular complexity index is 2560. The number of aliphatic imine (C=N–C) groups is 1. The van der Waals surface area contributed by atoms with E-state index in [0.717, 1.165) is 37.1 Å². The number of amides is 2. The van der Waals surface area contributed by atoms with Gasteiger partial charge in [-0.15, -0.1) is 0 Å². The van der Waals surface area contributed by atoms with Crippen LogP contribution in [0.15, 0.2) is 70.6 Å². The molecule has 0 radical (unpaired) electrons. The molecule has 34 heteroatoms. The SMILES string of the molecule is CC(=O)N[C@@H]1[C@@H](OC(C)C(=O)O)[C@H](O)[C@@H](CO)O[C@@H]1O.CCCCCCCCCCCCNC(=O)/C=C\C(=O)O.O=C(O)C(S)CCCC(S)C(=O)O.O=C(O)C=Nc1ccc([N+](=O)[O-])cc1[N+](=O)[O-].O=C(O)CNS(=O)(=O)c1ccccc1. The van der Waals surface area contributed by atoms with Crippen molar-refractivity contribution in [1.82, 2.24) is 15.4 Å². The molecule has 0 aromatic heterocycles. The van der Waals surface area contributed by atoms with Gasteiger partial charge in [0, 0.05) is 31.7 Å². The fourth-order valence-corrected chi connectivity index (χ4v) is 7.92. The van der Waals surface area contributed by atoms with Gasteiger partial charge in [-0.2, -0.15) is 30.0 Å². The van der Waals surface area contributed by atoms with Crippen LogP contribution in [0.1, 0.15) is 104 Å². The minimum Gasteiger partial charge on any atom is -0.480 e. The van der Waals surface area contributed by atoms with Crippen molar-refractivity contribution in [3.63, 3.8) is 0 Å². The van der Waals surface area contributed by atoms with Crippen molar-refractivity contribution in [2.75, 3.05) is 19.7 Å². The first-order valence-corrected chi connectivity index (χ1v) is 28.1. The van der Waals surface area contributed by atoms with Gasteiger partial charge in [0.2, 0.25) is 21.8 Å². The number of benzene rings is 2. The van der Waals surface area contributed by atoms with Gasteiger partial charge in [0.25, 0.3) is 5.69 Å². The molecule has 31 nitrogen and oxygen atoms in total. The number of non-ortho nitro benzene ring substituents is 1. The molecule has 84 heavy (non-hydrogen) atoms. The van der Waals surface area contributed by atoms with Crippen LogP contribution in [-0.4, -0.2) is 185 Å². The van der Waals surface area contributed by atoms with Crippen LogP contribution in [0.5, 0.6) is 0 Å². The molecule has 0 spiro atoms. The number of nitro groups is 2. The lowest BCUT2D eigenvalue weighted by molar-refractivity contribution is -0.393. The average Bonchev–Trinajstić information content (AvgIpc) is 3.52. The monoisotopic (exact) mass is 1250 g/mol. The lowest BCUT2D eigenvalue weighted by Gasteiger charge is -2.42. The maximum Gasteiger partial charge on any atom is 0.346 e. The van der Waals surface area contributed by atoms with E-state index in [9.17, 15) is 77.2 Å². The second kappa shape index (κ2) is 44.4. The molecule has 1 aliphatic rings. The zero-order valence-corrected chi connectivity index (χ0v) is 48.6. The van der Waals surface area contributed by atoms with Crippen LogP contribution in [0.4, 0.5) is 17.1 Å². The van der Waals surface area contributed by atoms with Gasteiger partial charge in [-0.05, 0) is 44.4 Å². The molecule has 0 bridgehead atoms. The lowest BCUT2D eigenvalue weighted by Crippen LogP contribution is -2.65. The van der Waals surface area contributed by atoms with E-state index in [1.807, 2.05) is 4.72 Å². The highest BCUT2D eigenvalue weighted by molar-refractivity contribution is 7.89. The van der Waals surface area contributed by atoms with Crippen molar-refractivity contribution in [2.45, 2.75) is 156 Å². The molecule has 12 N–H and O–H groups in total. The third-order valence-electron chi connectivity index (χ3n) is 10.8. The number of aliphatic hydroxyl groups is 3. The summed E-state index contributed by atoms with van der Waals surface area (Å²) in [6.07, 6.45) is 9.65. The predicted octanol–water partition coefficient (Wildman–Crippen LogP) is 3.35. The smallest absolute Gasteiger partial charge is 0.346 e. The van der Waals surface area contributed by atoms with Gasteiger partial charge in [-0.25, -0.2) is 27.8 Å². The Hall–Kier alpha value is -7.18. The Kier molecular flexibility index (Phi) is 41.7. The fraction of sp³-hybridized carbons (Fsp3) is 0.540. The Labute approximate surface area is 493 Å². The maximum atomic E-state index is 11.4. The number of rotatable bonds is 32. The predicted molar refractivity (Wildman–Crippen MR) is 305 cm³/mol. The van der Waals surface area contributed by atoms with Gasteiger partial charge in [-0.1, -0.05) is 89.3 Å². The summed E-state index contributed by atoms with van der Waals surface area (Å²) in [6.45, 7) is 4.09. The van der Waals surface area contributed by atoms with Crippen molar-refractivity contribution < 1.29 is 112 Å². The highest BCUT2D eigenvalue weighted by Gasteiger charge is 2.47. The van der Waals surface area contributed by atoms with Gasteiger partial charge in [0.05, 0.1) is 37.9 Å². The summed E-state index contributed by atoms with van der Waals surface area (Å²) in [5.74, 6) is -7.75. The number of thiol groups is 2. The molecule has 2 aromatic carbocycles. The second-order valence-electron chi connectivity index (χ2n) is 17.6. The number of carbonyl (C=O) groups excluding carboxylic acids is 2. The quantitative estimate of drug-likeness (QED) is 0.0125. The molecule has 3 unspecified atom stereocenters. The van der Waals surface area contributed by atoms with Crippen molar-refractivity contribution in [3.8, 4) is 0 Å². The standard InChI is InChI=1S/C16H29NO3.C11H19NO8.C8H5N3O6.C8H9NO4S.C7H12O4S2/c1-2-3-4-5-6-7-8-9-10-11-14-17-15(18)12-13-16(19)20;1-4(10(16)17)19-9-7(12-5(2)14)11(18)20-6(3-13)8(9)15;12-8(13)4-9-6-2-1-5(10(14)15)3-7(6)11(16)17;10-8(11)6-9-14(12,13)7-4-2-1-3-5-7;8-6(9)4(12)2-1-3-5(13)7(10)11/h12-13H,2-11,14H2,1H3,(H,17,18)(H,19,20);4,6-9,11,13,15,18H,3H2,1-2H3,(H,12,14)(H,16,17);1-4H,(H,12,13);1-5,9H,6H2,(H,10,11);4-5,12-13H,1-3H2,(H,8,9)(H,10,11)/b13-12-;;;;/t;4?,6-,7-,8-,9-,11+;;;/m.1.../s1. The van der Waals surface area contributed by atoms with Crippen molar-refractivity contribution >= 4 is 106 Å². The summed E-state index contributed by atoms with van der Waals surface area (Å²) in [5, 5.41) is 104. The summed E-state index contributed by atoms with van der Waals surface area (Å²) >= 11 is 7.61. The lowest BCUT2D eigenvalue weighted by atomic mass is 9.96. The highest BCUT2D eigenvalue weighted by atomic mass is 32.2. The van der Waals surface area contributed by atoms with E-state index in [-0.39, 0.29) is 16.5 Å². The van der Waals surface area contributed by atoms with E-state index in [4.69, 9.17) is 45.2 Å². The molecule has 0 aliphatic carbocycles. The zero-order chi connectivity index (χ0) is 64.5. The van der Waals surface area contributed by atoms with Gasteiger partial charge >= 0.3 is 41.5 Å². The number of nitrogens with one attached hydrogen (secondary N) is 3. The minimum absolute atomic E-state index is 0.0567. The van der Waals surface area contributed by atoms with Gasteiger partial charge in [-0.3, -0.25) is 44.2 Å². The number of nitro benzene ring substituents is 2. The summed E-state index contributed by atoms with van der Waals surface area (Å²) in [7, 11) is -3.69. The Morgan fingerprint density at radius 3 is 1.74 bits per heavy atom.